The molecule has 0 saturated heterocycles. The van der Waals surface area contributed by atoms with Crippen LogP contribution < -0.4 is 15.2 Å². The van der Waals surface area contributed by atoms with Crippen molar-refractivity contribution >= 4 is 17.1 Å². The molecule has 1 aromatic heterocycles. The van der Waals surface area contributed by atoms with Gasteiger partial charge in [0.2, 0.25) is 0 Å². The van der Waals surface area contributed by atoms with E-state index in [4.69, 9.17) is 19.6 Å². The van der Waals surface area contributed by atoms with E-state index in [1.165, 1.54) is 14.2 Å². The number of fused-ring (bicyclic) bond motifs is 1. The summed E-state index contributed by atoms with van der Waals surface area (Å²) in [6.45, 7) is 0. The topological polar surface area (TPSA) is 70.5 Å². The van der Waals surface area contributed by atoms with E-state index in [-0.39, 0.29) is 29.1 Å². The number of benzene rings is 2. The van der Waals surface area contributed by atoms with Gasteiger partial charge >= 0.3 is 0 Å². The van der Waals surface area contributed by atoms with Crippen molar-refractivity contribution < 1.29 is 22.7 Å². The van der Waals surface area contributed by atoms with Gasteiger partial charge in [0.1, 0.15) is 22.8 Å². The molecule has 120 valence electrons. The smallest absolute Gasteiger partial charge is 0.293 e. The molecule has 0 bridgehead atoms. The Hall–Kier alpha value is -2.83. The number of ether oxygens (including phenoxy) is 2. The van der Waals surface area contributed by atoms with Crippen LogP contribution in [0.2, 0.25) is 0 Å². The first-order valence-electron chi connectivity index (χ1n) is 6.77. The first-order valence-corrected chi connectivity index (χ1v) is 6.77. The van der Waals surface area contributed by atoms with E-state index in [9.17, 15) is 8.78 Å². The van der Waals surface area contributed by atoms with Gasteiger partial charge in [-0.15, -0.1) is 0 Å². The number of nitrogens with zero attached hydrogens (tertiary/aromatic N) is 1. The molecular formula is C16H14F2N2O3. The minimum atomic E-state index is -0.841. The van der Waals surface area contributed by atoms with Crippen LogP contribution in [-0.4, -0.2) is 19.2 Å². The molecule has 0 aliphatic rings. The Labute approximate surface area is 130 Å². The predicted octanol–water partition coefficient (Wildman–Crippen LogP) is 3.30. The standard InChI is InChI=1S/C16H14F2N2O3/c1-21-9-4-3-8(13(6-9)22-2)5-10-11(17)7-12(18)15-14(10)20-16(19)23-15/h3-4,6-7H,5H2,1-2H3,(H2,19,20). The van der Waals surface area contributed by atoms with E-state index in [0.29, 0.717) is 17.1 Å². The second-order valence-corrected chi connectivity index (χ2v) is 4.90. The van der Waals surface area contributed by atoms with Crippen LogP contribution in [0.25, 0.3) is 11.1 Å². The quantitative estimate of drug-likeness (QED) is 0.798. The van der Waals surface area contributed by atoms with Crippen LogP contribution in [0.5, 0.6) is 11.5 Å². The largest absolute Gasteiger partial charge is 0.497 e. The van der Waals surface area contributed by atoms with Crippen molar-refractivity contribution in [3.8, 4) is 11.5 Å². The van der Waals surface area contributed by atoms with Gasteiger partial charge in [-0.2, -0.15) is 4.98 Å². The number of halogens is 2. The fourth-order valence-electron chi connectivity index (χ4n) is 2.44. The predicted molar refractivity (Wildman–Crippen MR) is 80.7 cm³/mol. The molecule has 0 amide bonds. The van der Waals surface area contributed by atoms with Crippen molar-refractivity contribution in [2.75, 3.05) is 20.0 Å². The zero-order valence-electron chi connectivity index (χ0n) is 12.5. The molecule has 5 nitrogen and oxygen atoms in total. The van der Waals surface area contributed by atoms with Crippen LogP contribution in [0.1, 0.15) is 11.1 Å². The van der Waals surface area contributed by atoms with Crippen LogP contribution in [-0.2, 0) is 6.42 Å². The van der Waals surface area contributed by atoms with Gasteiger partial charge in [-0.05, 0) is 11.6 Å². The van der Waals surface area contributed by atoms with Gasteiger partial charge in [0, 0.05) is 24.1 Å². The normalized spacial score (nSPS) is 11.0. The maximum Gasteiger partial charge on any atom is 0.293 e. The zero-order valence-corrected chi connectivity index (χ0v) is 12.5. The van der Waals surface area contributed by atoms with Crippen molar-refractivity contribution in [1.82, 2.24) is 4.98 Å². The summed E-state index contributed by atoms with van der Waals surface area (Å²) in [5.41, 5.74) is 6.25. The van der Waals surface area contributed by atoms with Gasteiger partial charge in [0.05, 0.1) is 14.2 Å². The lowest BCUT2D eigenvalue weighted by Crippen LogP contribution is -1.99. The van der Waals surface area contributed by atoms with Gasteiger partial charge in [-0.3, -0.25) is 0 Å². The van der Waals surface area contributed by atoms with E-state index in [2.05, 4.69) is 4.98 Å². The number of anilines is 1. The first kappa shape index (κ1) is 15.1. The van der Waals surface area contributed by atoms with Crippen LogP contribution >= 0.6 is 0 Å². The maximum absolute atomic E-state index is 14.2. The number of nitrogens with two attached hydrogens (primary N) is 1. The van der Waals surface area contributed by atoms with Crippen LogP contribution in [0.15, 0.2) is 28.7 Å². The summed E-state index contributed by atoms with van der Waals surface area (Å²) in [7, 11) is 3.04. The van der Waals surface area contributed by atoms with Crippen molar-refractivity contribution in [2.45, 2.75) is 6.42 Å². The number of methoxy groups -OCH3 is 2. The average molecular weight is 320 g/mol. The Balaban J connectivity index is 2.12. The molecule has 2 N–H and O–H groups in total. The molecule has 0 fully saturated rings. The van der Waals surface area contributed by atoms with Crippen molar-refractivity contribution in [1.29, 1.82) is 0 Å². The molecule has 0 aliphatic carbocycles. The molecule has 3 rings (SSSR count). The zero-order chi connectivity index (χ0) is 16.6. The second-order valence-electron chi connectivity index (χ2n) is 4.90. The third-order valence-corrected chi connectivity index (χ3v) is 3.55. The van der Waals surface area contributed by atoms with Crippen LogP contribution in [0, 0.1) is 11.6 Å². The summed E-state index contributed by atoms with van der Waals surface area (Å²) in [4.78, 5) is 3.89. The maximum atomic E-state index is 14.2. The van der Waals surface area contributed by atoms with Gasteiger partial charge in [0.25, 0.3) is 6.01 Å². The highest BCUT2D eigenvalue weighted by atomic mass is 19.1. The number of oxazole rings is 1. The third-order valence-electron chi connectivity index (χ3n) is 3.55. The minimum Gasteiger partial charge on any atom is -0.497 e. The number of hydrogen-bond donors (Lipinski definition) is 1. The lowest BCUT2D eigenvalue weighted by Gasteiger charge is -2.11. The van der Waals surface area contributed by atoms with Gasteiger partial charge in [-0.1, -0.05) is 6.07 Å². The van der Waals surface area contributed by atoms with Crippen molar-refractivity contribution in [3.05, 3.63) is 47.0 Å². The number of nitrogen functional groups attached to an aromatic ring is 1. The summed E-state index contributed by atoms with van der Waals surface area (Å²) < 4.78 is 43.4. The van der Waals surface area contributed by atoms with E-state index in [1.807, 2.05) is 0 Å². The minimum absolute atomic E-state index is 0.0675. The lowest BCUT2D eigenvalue weighted by atomic mass is 10.0. The Morgan fingerprint density at radius 2 is 1.91 bits per heavy atom. The molecule has 2 aromatic carbocycles. The van der Waals surface area contributed by atoms with Gasteiger partial charge in [-0.25, -0.2) is 8.78 Å². The van der Waals surface area contributed by atoms with Gasteiger partial charge < -0.3 is 19.6 Å². The van der Waals surface area contributed by atoms with Crippen LogP contribution in [0.4, 0.5) is 14.8 Å². The second kappa shape index (κ2) is 5.75. The summed E-state index contributed by atoms with van der Waals surface area (Å²) in [6, 6.07) is 5.71. The lowest BCUT2D eigenvalue weighted by molar-refractivity contribution is 0.391. The monoisotopic (exact) mass is 320 g/mol. The Kier molecular flexibility index (Phi) is 3.77. The molecule has 0 unspecified atom stereocenters. The van der Waals surface area contributed by atoms with Crippen molar-refractivity contribution in [3.63, 3.8) is 0 Å². The number of rotatable bonds is 4. The number of hydrogen-bond acceptors (Lipinski definition) is 5. The van der Waals surface area contributed by atoms with E-state index in [1.54, 1.807) is 18.2 Å². The molecular weight excluding hydrogens is 306 g/mol. The van der Waals surface area contributed by atoms with Crippen LogP contribution in [0.3, 0.4) is 0 Å². The molecule has 23 heavy (non-hydrogen) atoms. The highest BCUT2D eigenvalue weighted by Crippen LogP contribution is 2.32. The molecule has 0 radical (unpaired) electrons. The SMILES string of the molecule is COc1ccc(Cc2c(F)cc(F)c3oc(N)nc23)c(OC)c1. The Morgan fingerprint density at radius 3 is 2.61 bits per heavy atom. The molecule has 0 aliphatic heterocycles. The first-order chi connectivity index (χ1) is 11.0. The molecule has 0 saturated carbocycles. The summed E-state index contributed by atoms with van der Waals surface area (Å²) >= 11 is 0. The Morgan fingerprint density at radius 1 is 1.13 bits per heavy atom. The molecule has 0 atom stereocenters. The molecule has 1 heterocycles. The molecule has 3 aromatic rings. The van der Waals surface area contributed by atoms with Gasteiger partial charge in [0.15, 0.2) is 11.4 Å². The average Bonchev–Trinajstić information content (AvgIpc) is 2.93. The van der Waals surface area contributed by atoms with E-state index in [0.717, 1.165) is 6.07 Å². The highest BCUT2D eigenvalue weighted by molar-refractivity contribution is 5.79. The van der Waals surface area contributed by atoms with Crippen molar-refractivity contribution in [2.24, 2.45) is 0 Å². The van der Waals surface area contributed by atoms with E-state index >= 15 is 0 Å². The van der Waals surface area contributed by atoms with E-state index < -0.39 is 11.6 Å². The summed E-state index contributed by atoms with van der Waals surface area (Å²) in [5.74, 6) is -0.424. The summed E-state index contributed by atoms with van der Waals surface area (Å²) in [5, 5.41) is 0. The fourth-order valence-corrected chi connectivity index (χ4v) is 2.44. The fraction of sp³-hybridized carbons (Fsp3) is 0.188. The molecule has 0 spiro atoms. The summed E-state index contributed by atoms with van der Waals surface area (Å²) in [6.07, 6.45) is 0.141. The third kappa shape index (κ3) is 2.65. The number of aromatic nitrogens is 1. The molecule has 7 heteroatoms. The Bertz CT molecular complexity index is 877. The highest BCUT2D eigenvalue weighted by Gasteiger charge is 2.19.